The van der Waals surface area contributed by atoms with Crippen molar-refractivity contribution < 1.29 is 42.8 Å². The number of nitrogens with zero attached hydrogens (tertiary/aromatic N) is 3. The molecule has 3 aromatic rings. The number of benzene rings is 1. The summed E-state index contributed by atoms with van der Waals surface area (Å²) >= 11 is 0. The Balaban J connectivity index is 1.44. The van der Waals surface area contributed by atoms with E-state index < -0.39 is 44.5 Å². The van der Waals surface area contributed by atoms with E-state index in [-0.39, 0.29) is 30.0 Å². The highest BCUT2D eigenvalue weighted by Gasteiger charge is 2.49. The van der Waals surface area contributed by atoms with Crippen molar-refractivity contribution in [3.8, 4) is 0 Å². The third kappa shape index (κ3) is 9.90. The number of unbranched alkanes of at least 4 members (excludes halogenated alkanes) is 8. The predicted octanol–water partition coefficient (Wildman–Crippen LogP) is 2.89. The van der Waals surface area contributed by atoms with Gasteiger partial charge in [-0.05, 0) is 12.0 Å². The Labute approximate surface area is 262 Å². The molecule has 4 rings (SSSR count). The summed E-state index contributed by atoms with van der Waals surface area (Å²) in [6, 6.07) is 9.83. The highest BCUT2D eigenvalue weighted by atomic mass is 31.2. The number of hydrogen-bond acceptors (Lipinski definition) is 10. The van der Waals surface area contributed by atoms with Gasteiger partial charge in [0, 0.05) is 0 Å². The first-order valence-corrected chi connectivity index (χ1v) is 17.1. The van der Waals surface area contributed by atoms with Crippen molar-refractivity contribution in [2.24, 2.45) is 7.05 Å². The van der Waals surface area contributed by atoms with Gasteiger partial charge in [-0.1, -0.05) is 100 Å². The van der Waals surface area contributed by atoms with Gasteiger partial charge in [-0.3, -0.25) is 18.9 Å². The van der Waals surface area contributed by atoms with Crippen LogP contribution in [0, 0.1) is 0 Å². The average molecular weight is 652 g/mol. The molecule has 0 amide bonds. The molecule has 1 saturated heterocycles. The summed E-state index contributed by atoms with van der Waals surface area (Å²) < 4.78 is 37.0. The van der Waals surface area contributed by atoms with Gasteiger partial charge in [-0.2, -0.15) is 0 Å². The van der Waals surface area contributed by atoms with Crippen molar-refractivity contribution in [3.05, 3.63) is 52.6 Å². The van der Waals surface area contributed by atoms with Gasteiger partial charge in [0.05, 0.1) is 19.8 Å². The largest absolute Gasteiger partial charge is 0.756 e. The Hall–Kier alpha value is -2.68. The monoisotopic (exact) mass is 651 g/mol. The topological polar surface area (TPSA) is 198 Å². The van der Waals surface area contributed by atoms with Crippen LogP contribution >= 0.6 is 7.82 Å². The number of imidazole rings is 1. The number of hydrogen-bond donors (Lipinski definition) is 4. The highest BCUT2D eigenvalue weighted by Crippen LogP contribution is 2.35. The average Bonchev–Trinajstić information content (AvgIpc) is 3.49. The molecule has 0 saturated carbocycles. The van der Waals surface area contributed by atoms with Gasteiger partial charge in [0.1, 0.15) is 25.1 Å². The number of fused-ring (bicyclic) bond motifs is 1. The molecule has 1 fully saturated rings. The highest BCUT2D eigenvalue weighted by molar-refractivity contribution is 7.44. The van der Waals surface area contributed by atoms with Gasteiger partial charge in [0.15, 0.2) is 6.33 Å². The maximum atomic E-state index is 12.6. The molecular formula is C30H46N5O9P. The number of ether oxygens (including phenoxy) is 3. The number of nitrogens with two attached hydrogens (primary N) is 1. The van der Waals surface area contributed by atoms with Gasteiger partial charge in [-0.15, -0.1) is 0 Å². The summed E-state index contributed by atoms with van der Waals surface area (Å²) in [5.41, 5.74) is 6.69. The van der Waals surface area contributed by atoms with Crippen LogP contribution in [0.5, 0.6) is 0 Å². The van der Waals surface area contributed by atoms with Crippen LogP contribution < -0.4 is 20.8 Å². The van der Waals surface area contributed by atoms with Crippen LogP contribution in [0.2, 0.25) is 0 Å². The van der Waals surface area contributed by atoms with E-state index in [1.54, 1.807) is 7.05 Å². The molecule has 1 aliphatic rings. The van der Waals surface area contributed by atoms with E-state index in [0.717, 1.165) is 24.8 Å². The molecule has 250 valence electrons. The number of phosphoric ester groups is 1. The van der Waals surface area contributed by atoms with Gasteiger partial charge in [0.2, 0.25) is 11.7 Å². The fourth-order valence-corrected chi connectivity index (χ4v) is 6.07. The number of aliphatic hydroxyl groups excluding tert-OH is 1. The fourth-order valence-electron chi connectivity index (χ4n) is 5.74. The van der Waals surface area contributed by atoms with Crippen molar-refractivity contribution in [3.63, 3.8) is 0 Å². The Morgan fingerprint density at radius 2 is 1.82 bits per heavy atom. The maximum absolute atomic E-state index is 12.6. The summed E-state index contributed by atoms with van der Waals surface area (Å²) in [5, 5.41) is 11.1. The van der Waals surface area contributed by atoms with Crippen LogP contribution in [0.15, 0.2) is 41.5 Å². The van der Waals surface area contributed by atoms with E-state index in [2.05, 4.69) is 21.4 Å². The van der Waals surface area contributed by atoms with Crippen molar-refractivity contribution in [1.82, 2.24) is 14.5 Å². The van der Waals surface area contributed by atoms with Gasteiger partial charge >= 0.3 is 5.65 Å². The first kappa shape index (κ1) is 35.2. The number of anilines is 1. The molecule has 15 heteroatoms. The number of aromatic nitrogens is 4. The molecule has 1 aliphatic heterocycles. The zero-order valence-electron chi connectivity index (χ0n) is 26.0. The molecule has 0 bridgehead atoms. The molecule has 45 heavy (non-hydrogen) atoms. The number of rotatable bonds is 19. The summed E-state index contributed by atoms with van der Waals surface area (Å²) in [6.07, 6.45) is 8.19. The Bertz CT molecular complexity index is 1450. The van der Waals surface area contributed by atoms with Gasteiger partial charge in [0.25, 0.3) is 19.3 Å². The zero-order chi connectivity index (χ0) is 32.4. The van der Waals surface area contributed by atoms with Crippen LogP contribution in [-0.2, 0) is 30.3 Å². The van der Waals surface area contributed by atoms with E-state index in [4.69, 9.17) is 24.8 Å². The molecular weight excluding hydrogens is 605 g/mol. The van der Waals surface area contributed by atoms with Gasteiger partial charge in [-0.25, -0.2) is 4.57 Å². The number of aliphatic hydroxyl groups is 1. The minimum atomic E-state index is -5.09. The molecule has 6 atom stereocenters. The number of H-pyrrole nitrogens is 1. The smallest absolute Gasteiger partial charge is 0.313 e. The number of phosphoric acid groups is 1. The molecule has 0 aliphatic carbocycles. The quantitative estimate of drug-likeness (QED) is 0.0643. The van der Waals surface area contributed by atoms with Gasteiger partial charge < -0.3 is 39.4 Å². The Morgan fingerprint density at radius 1 is 1.16 bits per heavy atom. The second kappa shape index (κ2) is 16.8. The van der Waals surface area contributed by atoms with E-state index in [1.807, 2.05) is 30.3 Å². The standard InChI is InChI=1S/C30H46N5O9P/c1-3-4-5-6-7-8-9-10-14-17-22(21-15-12-11-13-16-21)41-20-42-26-25(36)23(18-43-45(38,39)40)44-29(26)35-19-34(2)24-27(35)32-30(31)33-28(24)37/h11-13,15-16,19,22-23,25-26,29,36H,3-10,14,17-18,20H2,1-2H3,(H4-,31,32,33,37,38,39,40)/t22?,23-,25+,26?,29-/m1/s1. The molecule has 5 N–H and O–H groups in total. The minimum absolute atomic E-state index is 0.124. The van der Waals surface area contributed by atoms with Crippen molar-refractivity contribution in [2.45, 2.75) is 102 Å². The lowest BCUT2D eigenvalue weighted by atomic mass is 10.0. The SMILES string of the molecule is CCCCCCCCCCCC(OCOC1[C@@H](O)[C@@H](COP(=O)([O-])O)O[C@H]1[n+]1cn(C)c2c(=O)[nH]c(N)nc21)c1ccccc1. The van der Waals surface area contributed by atoms with Crippen molar-refractivity contribution in [2.75, 3.05) is 19.1 Å². The maximum Gasteiger partial charge on any atom is 0.313 e. The van der Waals surface area contributed by atoms with Crippen LogP contribution in [0.25, 0.3) is 11.2 Å². The summed E-state index contributed by atoms with van der Waals surface area (Å²) in [5.74, 6) is -0.124. The van der Waals surface area contributed by atoms with Crippen LogP contribution in [0.1, 0.15) is 89.0 Å². The predicted molar refractivity (Wildman–Crippen MR) is 163 cm³/mol. The van der Waals surface area contributed by atoms with E-state index in [9.17, 15) is 19.4 Å². The van der Waals surface area contributed by atoms with E-state index in [1.165, 1.54) is 60.4 Å². The fraction of sp³-hybridized carbons (Fsp3) is 0.633. The number of nitrogens with one attached hydrogen (secondary N) is 1. The second-order valence-electron chi connectivity index (χ2n) is 11.5. The molecule has 3 unspecified atom stereocenters. The number of aromatic amines is 1. The third-order valence-corrected chi connectivity index (χ3v) is 8.52. The molecule has 1 aromatic carbocycles. The number of nitrogen functional groups attached to an aromatic ring is 1. The van der Waals surface area contributed by atoms with Crippen molar-refractivity contribution >= 4 is 24.9 Å². The Morgan fingerprint density at radius 3 is 2.49 bits per heavy atom. The lowest BCUT2D eigenvalue weighted by Crippen LogP contribution is -2.47. The third-order valence-electron chi connectivity index (χ3n) is 8.05. The van der Waals surface area contributed by atoms with Crippen LogP contribution in [-0.4, -0.2) is 56.2 Å². The van der Waals surface area contributed by atoms with Crippen LogP contribution in [0.4, 0.5) is 5.95 Å². The zero-order valence-corrected chi connectivity index (χ0v) is 26.8. The molecule has 3 heterocycles. The first-order chi connectivity index (χ1) is 21.6. The van der Waals surface area contributed by atoms with Crippen molar-refractivity contribution in [1.29, 1.82) is 0 Å². The summed E-state index contributed by atoms with van der Waals surface area (Å²) in [4.78, 5) is 39.6. The molecule has 2 aromatic heterocycles. The van der Waals surface area contributed by atoms with E-state index >= 15 is 0 Å². The van der Waals surface area contributed by atoms with Crippen LogP contribution in [0.3, 0.4) is 0 Å². The normalized spacial score (nSPS) is 22.2. The second-order valence-corrected chi connectivity index (χ2v) is 12.7. The molecule has 0 radical (unpaired) electrons. The lowest BCUT2D eigenvalue weighted by molar-refractivity contribution is -0.746. The molecule has 14 nitrogen and oxygen atoms in total. The first-order valence-electron chi connectivity index (χ1n) is 15.6. The minimum Gasteiger partial charge on any atom is -0.756 e. The lowest BCUT2D eigenvalue weighted by Gasteiger charge is -2.23. The van der Waals surface area contributed by atoms with E-state index in [0.29, 0.717) is 0 Å². The number of aryl methyl sites for hydroxylation is 1. The summed E-state index contributed by atoms with van der Waals surface area (Å²) in [6.45, 7) is 1.34. The summed E-state index contributed by atoms with van der Waals surface area (Å²) in [7, 11) is -3.46. The Kier molecular flexibility index (Phi) is 13.1. The molecule has 0 spiro atoms.